The lowest BCUT2D eigenvalue weighted by Crippen LogP contribution is -2.16. The Bertz CT molecular complexity index is 912. The van der Waals surface area contributed by atoms with E-state index >= 15 is 0 Å². The molecule has 2 amide bonds. The van der Waals surface area contributed by atoms with Gasteiger partial charge in [0.05, 0.1) is 22.7 Å². The molecule has 0 radical (unpaired) electrons. The topological polar surface area (TPSA) is 71.1 Å². The number of aromatic nitrogens is 1. The number of halogens is 2. The first-order valence-electron chi connectivity index (χ1n) is 7.05. The van der Waals surface area contributed by atoms with Crippen LogP contribution in [0.5, 0.6) is 0 Å². The molecule has 5 nitrogen and oxygen atoms in total. The minimum atomic E-state index is -0.523. The lowest BCUT2D eigenvalue weighted by molar-refractivity contribution is -0.115. The Morgan fingerprint density at radius 3 is 2.76 bits per heavy atom. The molecular weight excluding hydrogens is 429 g/mol. The SMILES string of the molecule is O=C(Cc1csc(NC(=O)c2cccs2)n1)Nc1ccc(Br)cc1F. The van der Waals surface area contributed by atoms with Crippen LogP contribution in [0.4, 0.5) is 15.2 Å². The van der Waals surface area contributed by atoms with E-state index in [2.05, 4.69) is 31.5 Å². The van der Waals surface area contributed by atoms with Crippen LogP contribution < -0.4 is 10.6 Å². The zero-order chi connectivity index (χ0) is 17.8. The van der Waals surface area contributed by atoms with Crippen molar-refractivity contribution in [2.75, 3.05) is 10.6 Å². The highest BCUT2D eigenvalue weighted by atomic mass is 79.9. The third-order valence-electron chi connectivity index (χ3n) is 3.06. The van der Waals surface area contributed by atoms with Crippen molar-refractivity contribution >= 4 is 61.2 Å². The summed E-state index contributed by atoms with van der Waals surface area (Å²) < 4.78 is 14.3. The maximum absolute atomic E-state index is 13.7. The third kappa shape index (κ3) is 4.71. The summed E-state index contributed by atoms with van der Waals surface area (Å²) in [7, 11) is 0. The van der Waals surface area contributed by atoms with Gasteiger partial charge in [0.2, 0.25) is 5.91 Å². The van der Waals surface area contributed by atoms with Gasteiger partial charge in [-0.3, -0.25) is 14.9 Å². The summed E-state index contributed by atoms with van der Waals surface area (Å²) in [6.07, 6.45) is -0.0130. The highest BCUT2D eigenvalue weighted by Gasteiger charge is 2.13. The summed E-state index contributed by atoms with van der Waals surface area (Å²) in [6, 6.07) is 7.90. The Hall–Kier alpha value is -2.10. The average molecular weight is 440 g/mol. The molecule has 1 aromatic carbocycles. The van der Waals surface area contributed by atoms with Gasteiger partial charge >= 0.3 is 0 Å². The molecule has 9 heteroatoms. The number of thiophene rings is 1. The Kier molecular flexibility index (Phi) is 5.57. The van der Waals surface area contributed by atoms with E-state index in [1.807, 2.05) is 5.38 Å². The van der Waals surface area contributed by atoms with Crippen LogP contribution in [-0.2, 0) is 11.2 Å². The molecule has 0 spiro atoms. The van der Waals surface area contributed by atoms with Crippen LogP contribution in [0.25, 0.3) is 0 Å². The molecule has 3 aromatic rings. The van der Waals surface area contributed by atoms with Gasteiger partial charge in [-0.1, -0.05) is 22.0 Å². The fourth-order valence-corrected chi connectivity index (χ4v) is 3.62. The summed E-state index contributed by atoms with van der Waals surface area (Å²) in [5, 5.41) is 9.10. The molecule has 0 aliphatic heterocycles. The normalized spacial score (nSPS) is 10.5. The summed E-state index contributed by atoms with van der Waals surface area (Å²) >= 11 is 5.72. The van der Waals surface area contributed by atoms with E-state index in [9.17, 15) is 14.0 Å². The maximum Gasteiger partial charge on any atom is 0.267 e. The van der Waals surface area contributed by atoms with Gasteiger partial charge in [0.25, 0.3) is 5.91 Å². The number of nitrogens with zero attached hydrogens (tertiary/aromatic N) is 1. The van der Waals surface area contributed by atoms with E-state index in [4.69, 9.17) is 0 Å². The Labute approximate surface area is 159 Å². The molecule has 3 rings (SSSR count). The fraction of sp³-hybridized carbons (Fsp3) is 0.0625. The Morgan fingerprint density at radius 1 is 1.20 bits per heavy atom. The van der Waals surface area contributed by atoms with Gasteiger partial charge in [0.15, 0.2) is 5.13 Å². The zero-order valence-corrected chi connectivity index (χ0v) is 15.8. The van der Waals surface area contributed by atoms with Crippen molar-refractivity contribution < 1.29 is 14.0 Å². The number of nitrogens with one attached hydrogen (secondary N) is 2. The van der Waals surface area contributed by atoms with Crippen molar-refractivity contribution in [2.24, 2.45) is 0 Å². The molecule has 2 aromatic heterocycles. The van der Waals surface area contributed by atoms with Crippen LogP contribution in [0.1, 0.15) is 15.4 Å². The van der Waals surface area contributed by atoms with Crippen LogP contribution in [0.3, 0.4) is 0 Å². The minimum absolute atomic E-state index is 0.0130. The fourth-order valence-electron chi connectivity index (χ4n) is 1.96. The van der Waals surface area contributed by atoms with E-state index in [1.54, 1.807) is 23.6 Å². The van der Waals surface area contributed by atoms with E-state index in [-0.39, 0.29) is 23.9 Å². The van der Waals surface area contributed by atoms with Crippen molar-refractivity contribution in [1.29, 1.82) is 0 Å². The number of carbonyl (C=O) groups is 2. The van der Waals surface area contributed by atoms with Gasteiger partial charge in [-0.05, 0) is 29.6 Å². The van der Waals surface area contributed by atoms with Crippen molar-refractivity contribution in [3.63, 3.8) is 0 Å². The Morgan fingerprint density at radius 2 is 2.04 bits per heavy atom. The number of benzene rings is 1. The predicted molar refractivity (Wildman–Crippen MR) is 101 cm³/mol. The second-order valence-electron chi connectivity index (χ2n) is 4.92. The molecule has 2 heterocycles. The van der Waals surface area contributed by atoms with Gasteiger partial charge in [-0.25, -0.2) is 9.37 Å². The molecule has 0 aliphatic carbocycles. The molecule has 0 saturated heterocycles. The van der Waals surface area contributed by atoms with E-state index < -0.39 is 5.82 Å². The van der Waals surface area contributed by atoms with Crippen LogP contribution >= 0.6 is 38.6 Å². The number of hydrogen-bond acceptors (Lipinski definition) is 5. The van der Waals surface area contributed by atoms with Gasteiger partial charge in [-0.15, -0.1) is 22.7 Å². The summed E-state index contributed by atoms with van der Waals surface area (Å²) in [6.45, 7) is 0. The molecule has 2 N–H and O–H groups in total. The third-order valence-corrected chi connectivity index (χ3v) is 5.23. The van der Waals surface area contributed by atoms with Crippen LogP contribution in [0.15, 0.2) is 45.6 Å². The van der Waals surface area contributed by atoms with Gasteiger partial charge in [-0.2, -0.15) is 0 Å². The highest BCUT2D eigenvalue weighted by Crippen LogP contribution is 2.21. The molecule has 0 atom stereocenters. The molecule has 0 fully saturated rings. The molecule has 0 aliphatic rings. The lowest BCUT2D eigenvalue weighted by atomic mass is 10.2. The first kappa shape index (κ1) is 17.7. The summed E-state index contributed by atoms with van der Waals surface area (Å²) in [4.78, 5) is 28.8. The van der Waals surface area contributed by atoms with Crippen LogP contribution in [0, 0.1) is 5.82 Å². The van der Waals surface area contributed by atoms with Crippen molar-refractivity contribution in [3.8, 4) is 0 Å². The van der Waals surface area contributed by atoms with Crippen molar-refractivity contribution in [3.05, 3.63) is 62.0 Å². The first-order chi connectivity index (χ1) is 12.0. The maximum atomic E-state index is 13.7. The smallest absolute Gasteiger partial charge is 0.267 e. The number of rotatable bonds is 5. The second kappa shape index (κ2) is 7.85. The van der Waals surface area contributed by atoms with E-state index in [1.165, 1.54) is 34.8 Å². The predicted octanol–water partition coefficient (Wildman–Crippen LogP) is 4.54. The van der Waals surface area contributed by atoms with Crippen LogP contribution in [-0.4, -0.2) is 16.8 Å². The summed E-state index contributed by atoms with van der Waals surface area (Å²) in [5.74, 6) is -1.15. The molecular formula is C16H11BrFN3O2S2. The van der Waals surface area contributed by atoms with Crippen molar-refractivity contribution in [2.45, 2.75) is 6.42 Å². The quantitative estimate of drug-likeness (QED) is 0.612. The molecule has 25 heavy (non-hydrogen) atoms. The van der Waals surface area contributed by atoms with Gasteiger partial charge in [0.1, 0.15) is 5.82 Å². The minimum Gasteiger partial charge on any atom is -0.323 e. The molecule has 128 valence electrons. The highest BCUT2D eigenvalue weighted by molar-refractivity contribution is 9.10. The first-order valence-corrected chi connectivity index (χ1v) is 9.60. The number of anilines is 2. The molecule has 0 unspecified atom stereocenters. The largest absolute Gasteiger partial charge is 0.323 e. The lowest BCUT2D eigenvalue weighted by Gasteiger charge is -2.05. The van der Waals surface area contributed by atoms with E-state index in [0.29, 0.717) is 20.2 Å². The number of amides is 2. The second-order valence-corrected chi connectivity index (χ2v) is 7.65. The Balaban J connectivity index is 1.59. The molecule has 0 saturated carbocycles. The average Bonchev–Trinajstić information content (AvgIpc) is 3.22. The number of thiazole rings is 1. The van der Waals surface area contributed by atoms with Gasteiger partial charge in [0, 0.05) is 9.85 Å². The zero-order valence-electron chi connectivity index (χ0n) is 12.6. The number of carbonyl (C=O) groups excluding carboxylic acids is 2. The standard InChI is InChI=1S/C16H11BrFN3O2S2/c17-9-3-4-12(11(18)6-9)20-14(22)7-10-8-25-16(19-10)21-15(23)13-2-1-5-24-13/h1-6,8H,7H2,(H,20,22)(H,19,21,23). The van der Waals surface area contributed by atoms with Crippen LogP contribution in [0.2, 0.25) is 0 Å². The van der Waals surface area contributed by atoms with Gasteiger partial charge < -0.3 is 5.32 Å². The summed E-state index contributed by atoms with van der Waals surface area (Å²) in [5.41, 5.74) is 0.608. The number of hydrogen-bond donors (Lipinski definition) is 2. The van der Waals surface area contributed by atoms with Crippen molar-refractivity contribution in [1.82, 2.24) is 4.98 Å². The van der Waals surface area contributed by atoms with E-state index in [0.717, 1.165) is 0 Å². The molecule has 0 bridgehead atoms. The monoisotopic (exact) mass is 439 g/mol.